The van der Waals surface area contributed by atoms with E-state index in [0.717, 1.165) is 12.7 Å². The highest BCUT2D eigenvalue weighted by Crippen LogP contribution is 2.29. The largest absolute Gasteiger partial charge is 0.493 e. The summed E-state index contributed by atoms with van der Waals surface area (Å²) in [6.45, 7) is 10.5. The Hall–Kier alpha value is -3.26. The van der Waals surface area contributed by atoms with E-state index in [0.29, 0.717) is 34.2 Å². The van der Waals surface area contributed by atoms with Gasteiger partial charge in [0.25, 0.3) is 0 Å². The van der Waals surface area contributed by atoms with Gasteiger partial charge in [0.1, 0.15) is 5.76 Å². The normalized spacial score (nSPS) is 10.1. The van der Waals surface area contributed by atoms with E-state index in [-0.39, 0.29) is 6.03 Å². The Bertz CT molecular complexity index is 823. The van der Waals surface area contributed by atoms with Crippen molar-refractivity contribution in [1.82, 2.24) is 4.90 Å². The fourth-order valence-electron chi connectivity index (χ4n) is 2.03. The number of hydrogen-bond acceptors (Lipinski definition) is 6. The van der Waals surface area contributed by atoms with Gasteiger partial charge < -0.3 is 29.5 Å². The van der Waals surface area contributed by atoms with Gasteiger partial charge in [-0.25, -0.2) is 9.59 Å². The summed E-state index contributed by atoms with van der Waals surface area (Å²) in [4.78, 5) is 25.8. The zero-order valence-electron chi connectivity index (χ0n) is 19.0. The molecular formula is C22H32N2O6. The maximum atomic E-state index is 12.6. The molecule has 0 fully saturated rings. The molecule has 1 aromatic carbocycles. The van der Waals surface area contributed by atoms with Crippen molar-refractivity contribution in [2.24, 2.45) is 0 Å². The second-order valence-electron chi connectivity index (χ2n) is 6.38. The highest BCUT2D eigenvalue weighted by atomic mass is 16.5. The lowest BCUT2D eigenvalue weighted by Crippen LogP contribution is -2.30. The third-order valence-electron chi connectivity index (χ3n) is 3.85. The maximum absolute atomic E-state index is 12.6. The van der Waals surface area contributed by atoms with Crippen molar-refractivity contribution in [3.63, 3.8) is 0 Å². The summed E-state index contributed by atoms with van der Waals surface area (Å²) in [6, 6.07) is 4.72. The Labute approximate surface area is 178 Å². The van der Waals surface area contributed by atoms with Crippen molar-refractivity contribution in [3.05, 3.63) is 53.5 Å². The first-order valence-electron chi connectivity index (χ1n) is 9.05. The van der Waals surface area contributed by atoms with Crippen LogP contribution in [0.2, 0.25) is 0 Å². The number of carbonyl (C=O) groups excluding carboxylic acids is 2. The predicted molar refractivity (Wildman–Crippen MR) is 118 cm³/mol. The van der Waals surface area contributed by atoms with E-state index in [4.69, 9.17) is 19.3 Å². The van der Waals surface area contributed by atoms with Gasteiger partial charge in [0.15, 0.2) is 11.5 Å². The monoisotopic (exact) mass is 420 g/mol. The molecular weight excluding hydrogens is 388 g/mol. The number of amides is 2. The Morgan fingerprint density at radius 2 is 1.63 bits per heavy atom. The van der Waals surface area contributed by atoms with Gasteiger partial charge in [-0.3, -0.25) is 0 Å². The number of aliphatic hydroxyl groups is 1. The third kappa shape index (κ3) is 8.00. The molecule has 0 radical (unpaired) electrons. The number of esters is 1. The summed E-state index contributed by atoms with van der Waals surface area (Å²) in [5.74, 6) is 0.931. The number of allylic oxidation sites excluding steroid dienone is 3. The summed E-state index contributed by atoms with van der Waals surface area (Å²) in [5.41, 5.74) is 2.23. The van der Waals surface area contributed by atoms with E-state index >= 15 is 0 Å². The number of nitrogens with one attached hydrogen (secondary N) is 1. The minimum atomic E-state index is -0.516. The molecule has 0 unspecified atom stereocenters. The SMILES string of the molecule is C=C(C)C(=O)OC(/C=C(\C)N(C)C(=O)Nc1ccc(OC)c(OC)c1)=C(C)C.CO. The Kier molecular flexibility index (Phi) is 11.6. The molecule has 30 heavy (non-hydrogen) atoms. The number of hydrogen-bond donors (Lipinski definition) is 2. The molecule has 0 bridgehead atoms. The molecule has 8 heteroatoms. The zero-order chi connectivity index (χ0) is 23.4. The van der Waals surface area contributed by atoms with E-state index < -0.39 is 5.97 Å². The molecule has 0 aromatic heterocycles. The van der Waals surface area contributed by atoms with Crippen molar-refractivity contribution < 1.29 is 28.9 Å². The molecule has 8 nitrogen and oxygen atoms in total. The summed E-state index contributed by atoms with van der Waals surface area (Å²) < 4.78 is 15.7. The molecule has 0 aliphatic heterocycles. The maximum Gasteiger partial charge on any atom is 0.338 e. The van der Waals surface area contributed by atoms with Gasteiger partial charge in [-0.2, -0.15) is 0 Å². The second-order valence-corrected chi connectivity index (χ2v) is 6.38. The van der Waals surface area contributed by atoms with E-state index in [1.165, 1.54) is 12.0 Å². The fraction of sp³-hybridized carbons (Fsp3) is 0.364. The van der Waals surface area contributed by atoms with Crippen LogP contribution in [0, 0.1) is 0 Å². The van der Waals surface area contributed by atoms with Gasteiger partial charge in [0, 0.05) is 43.3 Å². The molecule has 0 saturated heterocycles. The summed E-state index contributed by atoms with van der Waals surface area (Å²) in [5, 5.41) is 9.78. The average Bonchev–Trinajstić information content (AvgIpc) is 2.73. The molecule has 0 atom stereocenters. The number of rotatable bonds is 7. The molecule has 0 aliphatic carbocycles. The number of ether oxygens (including phenoxy) is 3. The molecule has 1 rings (SSSR count). The van der Waals surface area contributed by atoms with Crippen LogP contribution in [-0.2, 0) is 9.53 Å². The van der Waals surface area contributed by atoms with Crippen LogP contribution in [0.15, 0.2) is 53.5 Å². The van der Waals surface area contributed by atoms with E-state index in [1.54, 1.807) is 52.3 Å². The molecule has 2 amide bonds. The number of carbonyl (C=O) groups is 2. The predicted octanol–water partition coefficient (Wildman–Crippen LogP) is 4.09. The zero-order valence-corrected chi connectivity index (χ0v) is 19.0. The number of nitrogens with zero attached hydrogens (tertiary/aromatic N) is 1. The van der Waals surface area contributed by atoms with Gasteiger partial charge in [-0.1, -0.05) is 6.58 Å². The molecule has 0 saturated carbocycles. The molecule has 0 heterocycles. The summed E-state index contributed by atoms with van der Waals surface area (Å²) in [7, 11) is 5.68. The van der Waals surface area contributed by atoms with Crippen molar-refractivity contribution >= 4 is 17.7 Å². The van der Waals surface area contributed by atoms with Crippen molar-refractivity contribution in [1.29, 1.82) is 0 Å². The Morgan fingerprint density at radius 1 is 1.07 bits per heavy atom. The van der Waals surface area contributed by atoms with Crippen LogP contribution in [-0.4, -0.2) is 50.4 Å². The molecule has 0 spiro atoms. The van der Waals surface area contributed by atoms with Crippen LogP contribution in [0.1, 0.15) is 27.7 Å². The standard InChI is InChI=1S/C21H28N2O5.CH4O/c1-13(2)18(28-20(24)14(3)4)11-15(5)23(6)21(25)22-16-9-10-17(26-7)19(12-16)27-8;1-2/h9-12H,3H2,1-2,4-8H3,(H,22,25);2H,1H3/b15-11+;. The number of benzene rings is 1. The fourth-order valence-corrected chi connectivity index (χ4v) is 2.03. The van der Waals surface area contributed by atoms with E-state index in [2.05, 4.69) is 11.9 Å². The lowest BCUT2D eigenvalue weighted by molar-refractivity contribution is -0.134. The first kappa shape index (κ1) is 26.7. The van der Waals surface area contributed by atoms with Crippen molar-refractivity contribution in [3.8, 4) is 11.5 Å². The van der Waals surface area contributed by atoms with Gasteiger partial charge in [-0.05, 0) is 45.4 Å². The smallest absolute Gasteiger partial charge is 0.338 e. The first-order chi connectivity index (χ1) is 14.1. The number of anilines is 1. The van der Waals surface area contributed by atoms with Crippen LogP contribution >= 0.6 is 0 Å². The van der Waals surface area contributed by atoms with Gasteiger partial charge in [0.2, 0.25) is 0 Å². The summed E-state index contributed by atoms with van der Waals surface area (Å²) >= 11 is 0. The quantitative estimate of drug-likeness (QED) is 0.298. The number of methoxy groups -OCH3 is 2. The average molecular weight is 421 g/mol. The van der Waals surface area contributed by atoms with Gasteiger partial charge in [-0.15, -0.1) is 0 Å². The van der Waals surface area contributed by atoms with Gasteiger partial charge >= 0.3 is 12.0 Å². The first-order valence-corrected chi connectivity index (χ1v) is 9.05. The lowest BCUT2D eigenvalue weighted by atomic mass is 10.2. The van der Waals surface area contributed by atoms with E-state index in [1.807, 2.05) is 13.8 Å². The van der Waals surface area contributed by atoms with Gasteiger partial charge in [0.05, 0.1) is 14.2 Å². The van der Waals surface area contributed by atoms with Crippen LogP contribution in [0.5, 0.6) is 11.5 Å². The molecule has 166 valence electrons. The topological polar surface area (TPSA) is 97.3 Å². The second kappa shape index (κ2) is 13.1. The molecule has 1 aromatic rings. The lowest BCUT2D eigenvalue weighted by Gasteiger charge is -2.20. The molecule has 0 aliphatic rings. The highest BCUT2D eigenvalue weighted by molar-refractivity contribution is 5.91. The third-order valence-corrected chi connectivity index (χ3v) is 3.85. The van der Waals surface area contributed by atoms with Crippen molar-refractivity contribution in [2.75, 3.05) is 33.7 Å². The summed E-state index contributed by atoms with van der Waals surface area (Å²) in [6.07, 6.45) is 1.63. The van der Waals surface area contributed by atoms with Crippen LogP contribution < -0.4 is 14.8 Å². The Balaban J connectivity index is 0.00000407. The highest BCUT2D eigenvalue weighted by Gasteiger charge is 2.14. The number of urea groups is 1. The van der Waals surface area contributed by atoms with Crippen LogP contribution in [0.3, 0.4) is 0 Å². The van der Waals surface area contributed by atoms with Crippen LogP contribution in [0.25, 0.3) is 0 Å². The minimum absolute atomic E-state index is 0.296. The van der Waals surface area contributed by atoms with Crippen molar-refractivity contribution in [2.45, 2.75) is 27.7 Å². The number of aliphatic hydroxyl groups excluding tert-OH is 1. The molecule has 2 N–H and O–H groups in total. The van der Waals surface area contributed by atoms with Crippen LogP contribution in [0.4, 0.5) is 10.5 Å². The Morgan fingerprint density at radius 3 is 2.10 bits per heavy atom. The van der Waals surface area contributed by atoms with E-state index in [9.17, 15) is 9.59 Å². The minimum Gasteiger partial charge on any atom is -0.493 e.